The van der Waals surface area contributed by atoms with Gasteiger partial charge in [0, 0.05) is 4.47 Å². The van der Waals surface area contributed by atoms with E-state index < -0.39 is 23.2 Å². The van der Waals surface area contributed by atoms with Gasteiger partial charge in [0.2, 0.25) is 0 Å². The number of anilines is 1. The van der Waals surface area contributed by atoms with Crippen molar-refractivity contribution in [2.24, 2.45) is 0 Å². The first-order valence-electron chi connectivity index (χ1n) is 7.18. The second kappa shape index (κ2) is 6.31. The maximum absolute atomic E-state index is 12.2. The number of ether oxygens (including phenoxy) is 1. The Morgan fingerprint density at radius 3 is 2.65 bits per heavy atom. The van der Waals surface area contributed by atoms with Gasteiger partial charge in [-0.2, -0.15) is 4.98 Å². The van der Waals surface area contributed by atoms with Gasteiger partial charge in [-0.15, -0.1) is 0 Å². The van der Waals surface area contributed by atoms with Crippen LogP contribution in [0.3, 0.4) is 0 Å². The predicted molar refractivity (Wildman–Crippen MR) is 91.6 cm³/mol. The van der Waals surface area contributed by atoms with Gasteiger partial charge in [-0.3, -0.25) is 0 Å². The quantitative estimate of drug-likeness (QED) is 0.819. The fourth-order valence-electron chi connectivity index (χ4n) is 1.99. The molecule has 0 saturated heterocycles. The molecule has 2 rings (SSSR count). The molecule has 1 N–H and O–H groups in total. The van der Waals surface area contributed by atoms with Crippen LogP contribution in [0.4, 0.5) is 6.01 Å². The van der Waals surface area contributed by atoms with Crippen LogP contribution < -0.4 is 10.9 Å². The molecule has 2 aromatic rings. The van der Waals surface area contributed by atoms with E-state index in [0.717, 1.165) is 10.0 Å². The summed E-state index contributed by atoms with van der Waals surface area (Å²) < 4.78 is 11.2. The lowest BCUT2D eigenvalue weighted by Gasteiger charge is -2.22. The number of hydrogen-bond acceptors (Lipinski definition) is 6. The summed E-state index contributed by atoms with van der Waals surface area (Å²) >= 11 is 3.37. The number of hydrogen-bond donors (Lipinski definition) is 1. The van der Waals surface area contributed by atoms with E-state index in [-0.39, 0.29) is 6.01 Å². The molecule has 1 atom stereocenters. The van der Waals surface area contributed by atoms with E-state index >= 15 is 0 Å². The largest absolute Gasteiger partial charge is 0.458 e. The van der Waals surface area contributed by atoms with Crippen molar-refractivity contribution in [2.75, 3.05) is 5.32 Å². The Bertz CT molecular complexity index is 808. The SMILES string of the molecule is Cc1c(Br)ccc2nc(NC(C)C(=O)OC(C)(C)C)oc(=O)c12. The molecule has 1 unspecified atom stereocenters. The number of nitrogens with one attached hydrogen (secondary N) is 1. The summed E-state index contributed by atoms with van der Waals surface area (Å²) in [4.78, 5) is 28.4. The summed E-state index contributed by atoms with van der Waals surface area (Å²) in [7, 11) is 0. The van der Waals surface area contributed by atoms with Crippen molar-refractivity contribution in [1.82, 2.24) is 4.98 Å². The zero-order chi connectivity index (χ0) is 17.4. The molecule has 0 amide bonds. The van der Waals surface area contributed by atoms with E-state index in [4.69, 9.17) is 9.15 Å². The Kier molecular flexibility index (Phi) is 4.79. The summed E-state index contributed by atoms with van der Waals surface area (Å²) in [5.41, 5.74) is 0.164. The molecule has 0 spiro atoms. The van der Waals surface area contributed by atoms with Gasteiger partial charge in [0.1, 0.15) is 11.6 Å². The number of halogens is 1. The van der Waals surface area contributed by atoms with Crippen LogP contribution in [-0.4, -0.2) is 22.6 Å². The van der Waals surface area contributed by atoms with Crippen LogP contribution in [0.1, 0.15) is 33.3 Å². The maximum Gasteiger partial charge on any atom is 0.348 e. The van der Waals surface area contributed by atoms with Gasteiger partial charge in [0.25, 0.3) is 6.01 Å². The number of benzene rings is 1. The molecule has 1 aromatic carbocycles. The molecular weight excluding hydrogens is 364 g/mol. The normalized spacial score (nSPS) is 13.0. The standard InChI is InChI=1S/C16H19BrN2O4/c1-8-10(17)6-7-11-12(8)14(21)22-15(19-11)18-9(2)13(20)23-16(3,4)5/h6-7,9H,1-5H3,(H,18,19). The topological polar surface area (TPSA) is 81.4 Å². The molecule has 0 bridgehead atoms. The number of carbonyl (C=O) groups is 1. The number of aromatic nitrogens is 1. The minimum Gasteiger partial charge on any atom is -0.458 e. The molecule has 0 aliphatic carbocycles. The summed E-state index contributed by atoms with van der Waals surface area (Å²) in [5.74, 6) is -0.450. The average molecular weight is 383 g/mol. The molecule has 0 fully saturated rings. The highest BCUT2D eigenvalue weighted by atomic mass is 79.9. The highest BCUT2D eigenvalue weighted by Gasteiger charge is 2.23. The predicted octanol–water partition coefficient (Wildman–Crippen LogP) is 3.40. The Morgan fingerprint density at radius 1 is 1.39 bits per heavy atom. The van der Waals surface area contributed by atoms with Crippen LogP contribution in [0.2, 0.25) is 0 Å². The third-order valence-electron chi connectivity index (χ3n) is 3.09. The molecule has 0 aliphatic heterocycles. The summed E-state index contributed by atoms with van der Waals surface area (Å²) in [6.45, 7) is 8.78. The molecular formula is C16H19BrN2O4. The van der Waals surface area contributed by atoms with Crippen LogP contribution >= 0.6 is 15.9 Å². The van der Waals surface area contributed by atoms with Gasteiger partial charge in [-0.25, -0.2) is 9.59 Å². The third-order valence-corrected chi connectivity index (χ3v) is 3.95. The molecule has 23 heavy (non-hydrogen) atoms. The van der Waals surface area contributed by atoms with Crippen molar-refractivity contribution in [3.63, 3.8) is 0 Å². The number of carbonyl (C=O) groups excluding carboxylic acids is 1. The van der Waals surface area contributed by atoms with Gasteiger partial charge in [0.15, 0.2) is 0 Å². The fourth-order valence-corrected chi connectivity index (χ4v) is 2.32. The van der Waals surface area contributed by atoms with Gasteiger partial charge < -0.3 is 14.5 Å². The minimum absolute atomic E-state index is 0.0115. The lowest BCUT2D eigenvalue weighted by atomic mass is 10.1. The summed E-state index contributed by atoms with van der Waals surface area (Å²) in [5, 5.41) is 3.18. The molecule has 124 valence electrons. The number of aryl methyl sites for hydroxylation is 1. The van der Waals surface area contributed by atoms with Crippen molar-refractivity contribution in [2.45, 2.75) is 46.3 Å². The van der Waals surface area contributed by atoms with E-state index in [2.05, 4.69) is 26.2 Å². The highest BCUT2D eigenvalue weighted by molar-refractivity contribution is 9.10. The molecule has 0 saturated carbocycles. The van der Waals surface area contributed by atoms with E-state index in [1.54, 1.807) is 40.7 Å². The lowest BCUT2D eigenvalue weighted by Crippen LogP contribution is -2.35. The van der Waals surface area contributed by atoms with E-state index in [9.17, 15) is 9.59 Å². The third kappa shape index (κ3) is 4.10. The maximum atomic E-state index is 12.2. The van der Waals surface area contributed by atoms with Crippen molar-refractivity contribution in [3.8, 4) is 0 Å². The van der Waals surface area contributed by atoms with Gasteiger partial charge in [-0.05, 0) is 52.3 Å². The second-order valence-corrected chi connectivity index (χ2v) is 7.13. The Hall–Kier alpha value is -1.89. The highest BCUT2D eigenvalue weighted by Crippen LogP contribution is 2.23. The van der Waals surface area contributed by atoms with Crippen molar-refractivity contribution < 1.29 is 13.9 Å². The number of nitrogens with zero attached hydrogens (tertiary/aromatic N) is 1. The van der Waals surface area contributed by atoms with E-state index in [1.165, 1.54) is 0 Å². The monoisotopic (exact) mass is 382 g/mol. The van der Waals surface area contributed by atoms with Gasteiger partial charge in [-0.1, -0.05) is 15.9 Å². The molecule has 1 aromatic heterocycles. The molecule has 6 nitrogen and oxygen atoms in total. The number of fused-ring (bicyclic) bond motifs is 1. The average Bonchev–Trinajstić information content (AvgIpc) is 2.40. The van der Waals surface area contributed by atoms with Crippen LogP contribution in [-0.2, 0) is 9.53 Å². The summed E-state index contributed by atoms with van der Waals surface area (Å²) in [6.07, 6.45) is 0. The number of rotatable bonds is 3. The minimum atomic E-state index is -0.695. The second-order valence-electron chi connectivity index (χ2n) is 6.27. The van der Waals surface area contributed by atoms with Crippen LogP contribution in [0.15, 0.2) is 25.8 Å². The van der Waals surface area contributed by atoms with E-state index in [0.29, 0.717) is 10.9 Å². The Morgan fingerprint density at radius 2 is 2.04 bits per heavy atom. The summed E-state index contributed by atoms with van der Waals surface area (Å²) in [6, 6.07) is 2.82. The van der Waals surface area contributed by atoms with Crippen molar-refractivity contribution in [3.05, 3.63) is 32.6 Å². The van der Waals surface area contributed by atoms with Crippen LogP contribution in [0.5, 0.6) is 0 Å². The smallest absolute Gasteiger partial charge is 0.348 e. The van der Waals surface area contributed by atoms with Crippen LogP contribution in [0.25, 0.3) is 10.9 Å². The first-order valence-corrected chi connectivity index (χ1v) is 7.97. The zero-order valence-electron chi connectivity index (χ0n) is 13.7. The molecule has 0 aliphatic rings. The Labute approximate surface area is 142 Å². The fraction of sp³-hybridized carbons (Fsp3) is 0.438. The van der Waals surface area contributed by atoms with Gasteiger partial charge >= 0.3 is 11.6 Å². The molecule has 7 heteroatoms. The molecule has 1 heterocycles. The Balaban J connectivity index is 2.30. The van der Waals surface area contributed by atoms with Crippen LogP contribution in [0, 0.1) is 6.92 Å². The first kappa shape index (κ1) is 17.5. The first-order chi connectivity index (χ1) is 10.6. The molecule has 0 radical (unpaired) electrons. The van der Waals surface area contributed by atoms with Crippen molar-refractivity contribution >= 4 is 38.8 Å². The van der Waals surface area contributed by atoms with Gasteiger partial charge in [0.05, 0.1) is 10.9 Å². The van der Waals surface area contributed by atoms with E-state index in [1.807, 2.05) is 6.07 Å². The number of esters is 1. The zero-order valence-corrected chi connectivity index (χ0v) is 15.3. The lowest BCUT2D eigenvalue weighted by molar-refractivity contribution is -0.155. The van der Waals surface area contributed by atoms with Crippen molar-refractivity contribution in [1.29, 1.82) is 0 Å².